The predicted molar refractivity (Wildman–Crippen MR) is 86.1 cm³/mol. The topological polar surface area (TPSA) is 55.9 Å². The smallest absolute Gasteiger partial charge is 0.471 e. The summed E-state index contributed by atoms with van der Waals surface area (Å²) in [4.78, 5) is 11.5. The minimum atomic E-state index is 0.511. The molecule has 3 heterocycles. The standard InChI is InChI=1S/C17H10O3S/c18-16-10-3-1-2-4-11(5-10)17(19)15-7-13-9-20-8-12(13)6-14(16)21-15/h1-4,6-9H,5H2/p+2/i/hD2. The average molecular weight is 298 g/mol. The number of rotatable bonds is 0. The molecule has 0 unspecified atom stereocenters. The highest BCUT2D eigenvalue weighted by Gasteiger charge is 2.36. The van der Waals surface area contributed by atoms with Gasteiger partial charge in [-0.2, -0.15) is 0 Å². The molecule has 3 aliphatic rings. The molecular weight excluding hydrogens is 284 g/mol. The Balaban J connectivity index is 2.03. The van der Waals surface area contributed by atoms with Gasteiger partial charge in [-0.25, -0.2) is 0 Å². The monoisotopic (exact) mass is 298 g/mol. The second-order valence-corrected chi connectivity index (χ2v) is 6.09. The Morgan fingerprint density at radius 2 is 1.52 bits per heavy atom. The normalized spacial score (nSPS) is 25.3. The number of hydrogen-bond donors (Lipinski definition) is 0. The van der Waals surface area contributed by atoms with E-state index in [-0.39, 0.29) is 0 Å². The fraction of sp³-hybridized carbons (Fsp3) is 0.0588. The first-order valence-corrected chi connectivity index (χ1v) is 7.37. The molecule has 1 aliphatic carbocycles. The molecule has 1 aromatic heterocycles. The summed E-state index contributed by atoms with van der Waals surface area (Å²) in [5, 5.41) is 0. The predicted octanol–water partition coefficient (Wildman–Crippen LogP) is 3.62. The van der Waals surface area contributed by atoms with Crippen molar-refractivity contribution in [2.24, 2.45) is 0 Å². The van der Waals surface area contributed by atoms with Crippen LogP contribution in [0.3, 0.4) is 0 Å². The van der Waals surface area contributed by atoms with Gasteiger partial charge in [0.05, 0.1) is 23.7 Å². The van der Waals surface area contributed by atoms with Gasteiger partial charge in [0.15, 0.2) is 0 Å². The minimum absolute atomic E-state index is 0.511. The Kier molecular flexibility index (Phi) is 2.28. The molecule has 0 radical (unpaired) electrons. The average Bonchev–Trinajstić information content (AvgIpc) is 2.75. The SMILES string of the molecule is [2H][O+]=C1C2=CC=CC=C(C2)C(=[O+][2H])C2=Cc3cocc3C=C1S2. The van der Waals surface area contributed by atoms with Crippen molar-refractivity contribution in [3.63, 3.8) is 0 Å². The van der Waals surface area contributed by atoms with Gasteiger partial charge in [-0.05, 0) is 24.3 Å². The van der Waals surface area contributed by atoms with Crippen LogP contribution in [0, 0.1) is 0 Å². The van der Waals surface area contributed by atoms with Crippen LogP contribution in [0.5, 0.6) is 0 Å². The maximum atomic E-state index is 7.50. The van der Waals surface area contributed by atoms with Crippen LogP contribution in [0.25, 0.3) is 12.2 Å². The molecule has 21 heavy (non-hydrogen) atoms. The molecule has 1 aromatic rings. The van der Waals surface area contributed by atoms with Gasteiger partial charge in [0.25, 0.3) is 0 Å². The van der Waals surface area contributed by atoms with Crippen molar-refractivity contribution < 1.29 is 16.9 Å². The fourth-order valence-corrected chi connectivity index (χ4v) is 3.59. The summed E-state index contributed by atoms with van der Waals surface area (Å²) in [5.74, 6) is 1.02. The first-order chi connectivity index (χ1) is 11.3. The summed E-state index contributed by atoms with van der Waals surface area (Å²) in [6.07, 6.45) is 15.4. The Labute approximate surface area is 128 Å². The van der Waals surface area contributed by atoms with Gasteiger partial charge in [0.1, 0.15) is 9.81 Å². The van der Waals surface area contributed by atoms with E-state index in [4.69, 9.17) is 16.9 Å². The van der Waals surface area contributed by atoms with Crippen LogP contribution < -0.4 is 0 Å². The van der Waals surface area contributed by atoms with Crippen molar-refractivity contribution in [2.45, 2.75) is 6.42 Å². The van der Waals surface area contributed by atoms with Gasteiger partial charge < -0.3 is 4.42 Å². The molecule has 4 rings (SSSR count). The molecule has 4 heteroatoms. The van der Waals surface area contributed by atoms with Crippen LogP contribution in [0.2, 0.25) is 0 Å². The van der Waals surface area contributed by atoms with E-state index in [9.17, 15) is 0 Å². The third-order valence-corrected chi connectivity index (χ3v) is 4.68. The maximum Gasteiger partial charge on any atom is 0.686 e. The van der Waals surface area contributed by atoms with Gasteiger partial charge in [-0.3, -0.25) is 9.59 Å². The van der Waals surface area contributed by atoms with Crippen molar-refractivity contribution in [3.8, 4) is 0 Å². The Hall–Kier alpha value is -2.33. The van der Waals surface area contributed by atoms with E-state index in [0.717, 1.165) is 32.1 Å². The summed E-state index contributed by atoms with van der Waals surface area (Å²) in [5.41, 5.74) is 3.56. The molecule has 102 valence electrons. The molecule has 0 atom stereocenters. The molecule has 0 spiro atoms. The number of fused-ring (bicyclic) bond motifs is 5. The summed E-state index contributed by atoms with van der Waals surface area (Å²) < 4.78 is 20.3. The van der Waals surface area contributed by atoms with Crippen LogP contribution >= 0.6 is 11.8 Å². The van der Waals surface area contributed by atoms with E-state index < -0.39 is 0 Å². The molecule has 2 aliphatic heterocycles. The second kappa shape index (κ2) is 4.60. The minimum Gasteiger partial charge on any atom is -0.471 e. The molecule has 3 nitrogen and oxygen atoms in total. The van der Waals surface area contributed by atoms with Crippen molar-refractivity contribution in [1.82, 2.24) is 0 Å². The summed E-state index contributed by atoms with van der Waals surface area (Å²) in [6.45, 7) is 0. The zero-order valence-electron chi connectivity index (χ0n) is 13.0. The number of carbonyl (C=O) groups excluding carboxylic acids is 2. The zero-order valence-corrected chi connectivity index (χ0v) is 11.8. The first-order valence-electron chi connectivity index (χ1n) is 7.37. The molecule has 1 fully saturated rings. The van der Waals surface area contributed by atoms with Crippen LogP contribution in [0.4, 0.5) is 0 Å². The van der Waals surface area contributed by atoms with Gasteiger partial charge in [-0.15, -0.1) is 0 Å². The molecule has 4 bridgehead atoms. The molecule has 1 saturated heterocycles. The quantitative estimate of drug-likeness (QED) is 0.687. The van der Waals surface area contributed by atoms with Crippen molar-refractivity contribution in [2.75, 3.05) is 0 Å². The third kappa shape index (κ3) is 1.99. The highest BCUT2D eigenvalue weighted by molar-refractivity contribution is 8.08. The molecule has 0 amide bonds. The number of allylic oxidation sites excluding steroid dienone is 8. The lowest BCUT2D eigenvalue weighted by Gasteiger charge is -2.09. The van der Waals surface area contributed by atoms with Crippen LogP contribution in [0.15, 0.2) is 62.2 Å². The number of ketones is 2. The molecule has 0 saturated carbocycles. The van der Waals surface area contributed by atoms with E-state index in [1.165, 1.54) is 11.8 Å². The van der Waals surface area contributed by atoms with E-state index in [0.29, 0.717) is 18.0 Å². The lowest BCUT2D eigenvalue weighted by molar-refractivity contribution is 0.566. The lowest BCUT2D eigenvalue weighted by atomic mass is 9.98. The van der Waals surface area contributed by atoms with Crippen molar-refractivity contribution >= 4 is 35.5 Å². The Morgan fingerprint density at radius 1 is 0.952 bits per heavy atom. The lowest BCUT2D eigenvalue weighted by Crippen LogP contribution is -2.14. The number of thioether (sulfide) groups is 1. The third-order valence-electron chi connectivity index (χ3n) is 3.63. The Morgan fingerprint density at radius 3 is 2.05 bits per heavy atom. The molecule has 2 N–H and O–H groups in total. The van der Waals surface area contributed by atoms with E-state index in [1.54, 1.807) is 12.5 Å². The van der Waals surface area contributed by atoms with Gasteiger partial charge in [-0.1, -0.05) is 23.9 Å². The molecular formula is C17H12O3S+2. The highest BCUT2D eigenvalue weighted by atomic mass is 32.2. The van der Waals surface area contributed by atoms with Gasteiger partial charge in [0.2, 0.25) is 0 Å². The van der Waals surface area contributed by atoms with Crippen LogP contribution in [-0.2, 0) is 0 Å². The Bertz CT molecular complexity index is 826. The fourth-order valence-electron chi connectivity index (χ4n) is 2.53. The summed E-state index contributed by atoms with van der Waals surface area (Å²) in [7, 11) is 0. The largest absolute Gasteiger partial charge is 0.686 e. The molecule has 0 aromatic carbocycles. The van der Waals surface area contributed by atoms with Crippen molar-refractivity contribution in [3.05, 3.63) is 68.9 Å². The second-order valence-electron chi connectivity index (χ2n) is 5.01. The number of hydrogen-bond acceptors (Lipinski definition) is 2. The van der Waals surface area contributed by atoms with Crippen LogP contribution in [-0.4, -0.2) is 21.2 Å². The first kappa shape index (κ1) is 10.4. The number of furan rings is 1. The summed E-state index contributed by atoms with van der Waals surface area (Å²) in [6, 6.07) is 0. The zero-order chi connectivity index (χ0) is 15.8. The van der Waals surface area contributed by atoms with Gasteiger partial charge >= 0.3 is 14.4 Å². The van der Waals surface area contributed by atoms with Gasteiger partial charge in [0, 0.05) is 17.5 Å². The van der Waals surface area contributed by atoms with E-state index in [1.807, 2.05) is 36.5 Å². The van der Waals surface area contributed by atoms with E-state index in [2.05, 4.69) is 0 Å². The van der Waals surface area contributed by atoms with E-state index >= 15 is 0 Å². The highest BCUT2D eigenvalue weighted by Crippen LogP contribution is 2.41. The van der Waals surface area contributed by atoms with Crippen molar-refractivity contribution in [1.29, 1.82) is 0 Å². The van der Waals surface area contributed by atoms with Crippen LogP contribution in [0.1, 0.15) is 20.4 Å². The summed E-state index contributed by atoms with van der Waals surface area (Å²) >= 11 is 1.43. The maximum absolute atomic E-state index is 7.50.